The summed E-state index contributed by atoms with van der Waals surface area (Å²) in [5.74, 6) is -0.0602. The maximum atomic E-state index is 12.3. The number of aryl methyl sites for hydroxylation is 1. The minimum absolute atomic E-state index is 0.0602. The van der Waals surface area contributed by atoms with Crippen molar-refractivity contribution in [3.05, 3.63) is 23.5 Å². The first-order valence-corrected chi connectivity index (χ1v) is 6.29. The number of hydrogen-bond donors (Lipinski definition) is 2. The van der Waals surface area contributed by atoms with Gasteiger partial charge in [-0.25, -0.2) is 0 Å². The van der Waals surface area contributed by atoms with Gasteiger partial charge in [-0.2, -0.15) is 0 Å². The molecule has 1 atom stereocenters. The summed E-state index contributed by atoms with van der Waals surface area (Å²) in [5.41, 5.74) is 2.27. The fraction of sp³-hybridized carbons (Fsp3) is 0.538. The first-order valence-electron chi connectivity index (χ1n) is 6.29. The van der Waals surface area contributed by atoms with Gasteiger partial charge in [-0.05, 0) is 26.3 Å². The monoisotopic (exact) mass is 249 g/mol. The van der Waals surface area contributed by atoms with Crippen LogP contribution in [0.1, 0.15) is 29.4 Å². The zero-order chi connectivity index (χ0) is 13.1. The lowest BCUT2D eigenvalue weighted by Gasteiger charge is -2.18. The number of amides is 1. The number of hydrogen-bond acceptors (Lipinski definition) is 4. The summed E-state index contributed by atoms with van der Waals surface area (Å²) in [5, 5.41) is 12.7. The molecule has 0 spiro atoms. The zero-order valence-electron chi connectivity index (χ0n) is 10.8. The molecule has 1 aliphatic rings. The third kappa shape index (κ3) is 2.61. The zero-order valence-corrected chi connectivity index (χ0v) is 10.8. The van der Waals surface area contributed by atoms with Crippen molar-refractivity contribution >= 4 is 11.6 Å². The Labute approximate surface area is 107 Å². The van der Waals surface area contributed by atoms with Crippen LogP contribution < -0.4 is 5.32 Å². The highest BCUT2D eigenvalue weighted by Gasteiger charge is 2.26. The van der Waals surface area contributed by atoms with Gasteiger partial charge in [-0.15, -0.1) is 0 Å². The number of pyridine rings is 1. The van der Waals surface area contributed by atoms with Crippen LogP contribution in [0.15, 0.2) is 12.3 Å². The second-order valence-corrected chi connectivity index (χ2v) is 4.60. The molecule has 0 aliphatic carbocycles. The highest BCUT2D eigenvalue weighted by atomic mass is 16.3. The molecule has 0 bridgehead atoms. The van der Waals surface area contributed by atoms with E-state index in [1.54, 1.807) is 11.1 Å². The Morgan fingerprint density at radius 2 is 2.44 bits per heavy atom. The van der Waals surface area contributed by atoms with Crippen LogP contribution in [0, 0.1) is 6.92 Å². The van der Waals surface area contributed by atoms with E-state index in [1.165, 1.54) is 0 Å². The van der Waals surface area contributed by atoms with Gasteiger partial charge in [-0.3, -0.25) is 9.78 Å². The molecule has 1 aromatic heterocycles. The van der Waals surface area contributed by atoms with Gasteiger partial charge < -0.3 is 15.3 Å². The molecule has 0 aromatic carbocycles. The Bertz CT molecular complexity index is 448. The molecular weight excluding hydrogens is 230 g/mol. The van der Waals surface area contributed by atoms with Crippen LogP contribution in [0.5, 0.6) is 0 Å². The number of likely N-dealkylation sites (tertiary alicyclic amines) is 1. The Morgan fingerprint density at radius 3 is 3.06 bits per heavy atom. The topological polar surface area (TPSA) is 65.5 Å². The molecule has 1 fully saturated rings. The van der Waals surface area contributed by atoms with Crippen LogP contribution in [0.25, 0.3) is 0 Å². The average molecular weight is 249 g/mol. The fourth-order valence-electron chi connectivity index (χ4n) is 2.16. The molecule has 1 aromatic rings. The van der Waals surface area contributed by atoms with E-state index in [0.717, 1.165) is 17.9 Å². The Hall–Kier alpha value is -1.62. The lowest BCUT2D eigenvalue weighted by Crippen LogP contribution is -2.30. The van der Waals surface area contributed by atoms with Crippen molar-refractivity contribution in [3.63, 3.8) is 0 Å². The van der Waals surface area contributed by atoms with Crippen molar-refractivity contribution in [2.75, 3.05) is 25.0 Å². The molecule has 0 saturated carbocycles. The van der Waals surface area contributed by atoms with Crippen molar-refractivity contribution in [3.8, 4) is 0 Å². The standard InChI is InChI=1S/C13H19N3O2/c1-3-14-12-6-9(2)15-7-11(12)13(18)16-5-4-10(17)8-16/h6-7,10,17H,3-5,8H2,1-2H3,(H,14,15). The largest absolute Gasteiger partial charge is 0.391 e. The maximum absolute atomic E-state index is 12.3. The van der Waals surface area contributed by atoms with Gasteiger partial charge in [0, 0.05) is 31.5 Å². The molecule has 1 aliphatic heterocycles. The Balaban J connectivity index is 2.23. The van der Waals surface area contributed by atoms with Crippen LogP contribution in [0.2, 0.25) is 0 Å². The van der Waals surface area contributed by atoms with E-state index in [2.05, 4.69) is 10.3 Å². The van der Waals surface area contributed by atoms with Crippen LogP contribution >= 0.6 is 0 Å². The van der Waals surface area contributed by atoms with Gasteiger partial charge in [0.25, 0.3) is 5.91 Å². The number of aromatic nitrogens is 1. The molecule has 2 N–H and O–H groups in total. The number of nitrogens with one attached hydrogen (secondary N) is 1. The molecule has 98 valence electrons. The summed E-state index contributed by atoms with van der Waals surface area (Å²) in [6.07, 6.45) is 1.87. The Kier molecular flexibility index (Phi) is 3.81. The lowest BCUT2D eigenvalue weighted by atomic mass is 10.2. The quantitative estimate of drug-likeness (QED) is 0.839. The number of aliphatic hydroxyl groups excluding tert-OH is 1. The van der Waals surface area contributed by atoms with E-state index >= 15 is 0 Å². The van der Waals surface area contributed by atoms with Gasteiger partial charge in [0.2, 0.25) is 0 Å². The molecule has 2 rings (SSSR count). The Morgan fingerprint density at radius 1 is 1.67 bits per heavy atom. The number of carbonyl (C=O) groups excluding carboxylic acids is 1. The van der Waals surface area contributed by atoms with Gasteiger partial charge >= 0.3 is 0 Å². The van der Waals surface area contributed by atoms with E-state index in [9.17, 15) is 9.90 Å². The van der Waals surface area contributed by atoms with E-state index < -0.39 is 6.10 Å². The molecule has 5 nitrogen and oxygen atoms in total. The number of nitrogens with zero attached hydrogens (tertiary/aromatic N) is 2. The van der Waals surface area contributed by atoms with Crippen molar-refractivity contribution in [1.29, 1.82) is 0 Å². The second kappa shape index (κ2) is 5.35. The molecule has 18 heavy (non-hydrogen) atoms. The normalized spacial score (nSPS) is 19.1. The summed E-state index contributed by atoms with van der Waals surface area (Å²) in [4.78, 5) is 18.2. The second-order valence-electron chi connectivity index (χ2n) is 4.60. The molecule has 5 heteroatoms. The lowest BCUT2D eigenvalue weighted by molar-refractivity contribution is 0.0765. The fourth-order valence-corrected chi connectivity index (χ4v) is 2.16. The minimum atomic E-state index is -0.394. The summed E-state index contributed by atoms with van der Waals surface area (Å²) >= 11 is 0. The van der Waals surface area contributed by atoms with Crippen LogP contribution in [0.3, 0.4) is 0 Å². The molecule has 1 amide bonds. The van der Waals surface area contributed by atoms with Gasteiger partial charge in [-0.1, -0.05) is 0 Å². The third-order valence-corrected chi connectivity index (χ3v) is 3.09. The first-order chi connectivity index (χ1) is 8.61. The van der Waals surface area contributed by atoms with Crippen molar-refractivity contribution in [2.24, 2.45) is 0 Å². The summed E-state index contributed by atoms with van der Waals surface area (Å²) in [6.45, 7) is 5.67. The highest BCUT2D eigenvalue weighted by Crippen LogP contribution is 2.20. The number of rotatable bonds is 3. The third-order valence-electron chi connectivity index (χ3n) is 3.09. The van der Waals surface area contributed by atoms with E-state index in [1.807, 2.05) is 19.9 Å². The number of anilines is 1. The van der Waals surface area contributed by atoms with Gasteiger partial charge in [0.05, 0.1) is 17.4 Å². The van der Waals surface area contributed by atoms with Gasteiger partial charge in [0.15, 0.2) is 0 Å². The summed E-state index contributed by atoms with van der Waals surface area (Å²) in [6, 6.07) is 1.88. The molecule has 0 radical (unpaired) electrons. The summed E-state index contributed by atoms with van der Waals surface area (Å²) in [7, 11) is 0. The molecular formula is C13H19N3O2. The SMILES string of the molecule is CCNc1cc(C)ncc1C(=O)N1CCC(O)C1. The number of carbonyl (C=O) groups is 1. The maximum Gasteiger partial charge on any atom is 0.257 e. The highest BCUT2D eigenvalue weighted by molar-refractivity contribution is 5.99. The summed E-state index contributed by atoms with van der Waals surface area (Å²) < 4.78 is 0. The van der Waals surface area contributed by atoms with Crippen molar-refractivity contribution in [1.82, 2.24) is 9.88 Å². The molecule has 2 heterocycles. The first kappa shape index (κ1) is 12.8. The molecule has 1 saturated heterocycles. The van der Waals surface area contributed by atoms with Crippen molar-refractivity contribution in [2.45, 2.75) is 26.4 Å². The average Bonchev–Trinajstić information content (AvgIpc) is 2.76. The van der Waals surface area contributed by atoms with E-state index in [-0.39, 0.29) is 5.91 Å². The van der Waals surface area contributed by atoms with Gasteiger partial charge in [0.1, 0.15) is 0 Å². The van der Waals surface area contributed by atoms with Crippen LogP contribution in [0.4, 0.5) is 5.69 Å². The van der Waals surface area contributed by atoms with Crippen LogP contribution in [-0.2, 0) is 0 Å². The predicted molar refractivity (Wildman–Crippen MR) is 69.7 cm³/mol. The van der Waals surface area contributed by atoms with Crippen LogP contribution in [-0.4, -0.2) is 46.6 Å². The number of β-amino-alcohol motifs (C(OH)–C–C–N with tert-alkyl or cyclic N) is 1. The predicted octanol–water partition coefficient (Wildman–Crippen LogP) is 1.03. The molecule has 1 unspecified atom stereocenters. The smallest absolute Gasteiger partial charge is 0.257 e. The van der Waals surface area contributed by atoms with E-state index in [0.29, 0.717) is 25.1 Å². The van der Waals surface area contributed by atoms with E-state index in [4.69, 9.17) is 0 Å². The minimum Gasteiger partial charge on any atom is -0.391 e. The van der Waals surface area contributed by atoms with Crippen molar-refractivity contribution < 1.29 is 9.90 Å². The number of aliphatic hydroxyl groups is 1.